The van der Waals surface area contributed by atoms with Gasteiger partial charge in [0.15, 0.2) is 5.58 Å². The van der Waals surface area contributed by atoms with Gasteiger partial charge in [0.25, 0.3) is 0 Å². The van der Waals surface area contributed by atoms with E-state index < -0.39 is 15.8 Å². The zero-order chi connectivity index (χ0) is 16.6. The summed E-state index contributed by atoms with van der Waals surface area (Å²) >= 11 is 0. The predicted molar refractivity (Wildman–Crippen MR) is 86.9 cm³/mol. The number of fused-ring (bicyclic) bond motifs is 1. The molecule has 2 heterocycles. The van der Waals surface area contributed by atoms with Gasteiger partial charge in [0.05, 0.1) is 10.4 Å². The van der Waals surface area contributed by atoms with Gasteiger partial charge in [-0.05, 0) is 31.6 Å². The molecule has 23 heavy (non-hydrogen) atoms. The zero-order valence-corrected chi connectivity index (χ0v) is 14.1. The maximum absolute atomic E-state index is 12.8. The van der Waals surface area contributed by atoms with Crippen LogP contribution in [0.1, 0.15) is 20.3 Å². The molecule has 1 fully saturated rings. The second-order valence-electron chi connectivity index (χ2n) is 5.70. The van der Waals surface area contributed by atoms with Crippen LogP contribution in [0.3, 0.4) is 0 Å². The number of aromatic nitrogens is 1. The van der Waals surface area contributed by atoms with Crippen LogP contribution in [0.4, 0.5) is 0 Å². The van der Waals surface area contributed by atoms with Gasteiger partial charge in [-0.15, -0.1) is 0 Å². The van der Waals surface area contributed by atoms with Gasteiger partial charge in [-0.1, -0.05) is 13.8 Å². The second kappa shape index (κ2) is 6.10. The molecule has 1 aromatic carbocycles. The molecule has 1 N–H and O–H groups in total. The summed E-state index contributed by atoms with van der Waals surface area (Å²) < 4.78 is 32.1. The van der Waals surface area contributed by atoms with Crippen molar-refractivity contribution in [2.75, 3.05) is 26.2 Å². The minimum absolute atomic E-state index is 0.160. The Morgan fingerprint density at radius 3 is 2.78 bits per heavy atom. The Hall–Kier alpha value is -1.64. The minimum Gasteiger partial charge on any atom is -0.408 e. The summed E-state index contributed by atoms with van der Waals surface area (Å²) in [7, 11) is -3.57. The van der Waals surface area contributed by atoms with Gasteiger partial charge in [-0.2, -0.15) is 4.31 Å². The number of likely N-dealkylation sites (N-methyl/N-ethyl adjacent to an activating group) is 1. The smallest absolute Gasteiger partial charge is 0.408 e. The van der Waals surface area contributed by atoms with E-state index in [2.05, 4.69) is 23.7 Å². The molecule has 7 nitrogen and oxygen atoms in total. The average molecular weight is 339 g/mol. The molecule has 0 saturated carbocycles. The topological polar surface area (TPSA) is 86.6 Å². The number of nitrogens with one attached hydrogen (secondary N) is 1. The predicted octanol–water partition coefficient (Wildman–Crippen LogP) is 1.23. The summed E-state index contributed by atoms with van der Waals surface area (Å²) in [5, 5.41) is 0. The lowest BCUT2D eigenvalue weighted by Crippen LogP contribution is -2.38. The van der Waals surface area contributed by atoms with Gasteiger partial charge in [0, 0.05) is 25.2 Å². The highest BCUT2D eigenvalue weighted by Gasteiger charge is 2.34. The van der Waals surface area contributed by atoms with E-state index in [0.717, 1.165) is 19.5 Å². The summed E-state index contributed by atoms with van der Waals surface area (Å²) in [4.78, 5) is 16.2. The third-order valence-corrected chi connectivity index (χ3v) is 6.35. The number of hydrogen-bond donors (Lipinski definition) is 1. The van der Waals surface area contributed by atoms with Crippen LogP contribution in [-0.2, 0) is 10.0 Å². The number of aromatic amines is 1. The quantitative estimate of drug-likeness (QED) is 0.885. The van der Waals surface area contributed by atoms with Crippen molar-refractivity contribution in [2.24, 2.45) is 0 Å². The van der Waals surface area contributed by atoms with E-state index in [9.17, 15) is 13.2 Å². The van der Waals surface area contributed by atoms with E-state index in [1.807, 2.05) is 0 Å². The fraction of sp³-hybridized carbons (Fsp3) is 0.533. The van der Waals surface area contributed by atoms with Crippen LogP contribution in [0.15, 0.2) is 32.3 Å². The highest BCUT2D eigenvalue weighted by Crippen LogP contribution is 2.25. The van der Waals surface area contributed by atoms with Crippen LogP contribution >= 0.6 is 0 Å². The van der Waals surface area contributed by atoms with Gasteiger partial charge >= 0.3 is 5.76 Å². The first-order valence-electron chi connectivity index (χ1n) is 7.82. The number of oxazole rings is 1. The number of H-pyrrole nitrogens is 1. The van der Waals surface area contributed by atoms with Crippen molar-refractivity contribution in [1.82, 2.24) is 14.2 Å². The summed E-state index contributed by atoms with van der Waals surface area (Å²) in [5.41, 5.74) is 0.756. The highest BCUT2D eigenvalue weighted by atomic mass is 32.2. The molecule has 0 bridgehead atoms. The molecule has 3 rings (SSSR count). The van der Waals surface area contributed by atoms with Crippen molar-refractivity contribution in [3.05, 3.63) is 28.7 Å². The standard InChI is InChI=1S/C15H21N3O4S/c1-3-17(4-2)11-7-8-18(10-11)23(20,21)12-5-6-13-14(9-12)22-15(19)16-13/h5-6,9,11H,3-4,7-8,10H2,1-2H3,(H,16,19). The van der Waals surface area contributed by atoms with Gasteiger partial charge in [-0.25, -0.2) is 13.2 Å². The normalized spacial score (nSPS) is 19.9. The maximum Gasteiger partial charge on any atom is 0.417 e. The molecular weight excluding hydrogens is 318 g/mol. The summed E-state index contributed by atoms with van der Waals surface area (Å²) in [6, 6.07) is 4.74. The van der Waals surface area contributed by atoms with Crippen LogP contribution in [0.25, 0.3) is 11.1 Å². The number of rotatable bonds is 5. The Balaban J connectivity index is 1.87. The maximum atomic E-state index is 12.8. The largest absolute Gasteiger partial charge is 0.417 e. The van der Waals surface area contributed by atoms with Crippen LogP contribution in [0, 0.1) is 0 Å². The first kappa shape index (κ1) is 16.2. The number of sulfonamides is 1. The molecule has 0 amide bonds. The second-order valence-corrected chi connectivity index (χ2v) is 7.64. The lowest BCUT2D eigenvalue weighted by atomic mass is 10.2. The third-order valence-electron chi connectivity index (χ3n) is 4.49. The van der Waals surface area contributed by atoms with Crippen molar-refractivity contribution in [1.29, 1.82) is 0 Å². The van der Waals surface area contributed by atoms with Crippen LogP contribution < -0.4 is 5.76 Å². The molecule has 1 unspecified atom stereocenters. The Morgan fingerprint density at radius 2 is 2.09 bits per heavy atom. The molecule has 1 aliphatic heterocycles. The van der Waals surface area contributed by atoms with E-state index in [-0.39, 0.29) is 16.5 Å². The van der Waals surface area contributed by atoms with E-state index >= 15 is 0 Å². The van der Waals surface area contributed by atoms with Gasteiger partial charge in [-0.3, -0.25) is 9.88 Å². The van der Waals surface area contributed by atoms with E-state index in [4.69, 9.17) is 4.42 Å². The highest BCUT2D eigenvalue weighted by molar-refractivity contribution is 7.89. The Labute approximate surface area is 134 Å². The monoisotopic (exact) mass is 339 g/mol. The van der Waals surface area contributed by atoms with Gasteiger partial charge in [0.1, 0.15) is 0 Å². The Morgan fingerprint density at radius 1 is 1.35 bits per heavy atom. The van der Waals surface area contributed by atoms with Crippen molar-refractivity contribution >= 4 is 21.1 Å². The molecule has 126 valence electrons. The average Bonchev–Trinajstić information content (AvgIpc) is 3.13. The molecule has 1 atom stereocenters. The number of nitrogens with zero attached hydrogens (tertiary/aromatic N) is 2. The van der Waals surface area contributed by atoms with Crippen LogP contribution in [0.5, 0.6) is 0 Å². The lowest BCUT2D eigenvalue weighted by molar-refractivity contribution is 0.224. The van der Waals surface area contributed by atoms with E-state index in [1.54, 1.807) is 6.07 Å². The molecule has 0 spiro atoms. The first-order valence-corrected chi connectivity index (χ1v) is 9.26. The van der Waals surface area contributed by atoms with Crippen molar-refractivity contribution in [3.8, 4) is 0 Å². The van der Waals surface area contributed by atoms with Crippen molar-refractivity contribution < 1.29 is 12.8 Å². The van der Waals surface area contributed by atoms with Crippen LogP contribution in [-0.4, -0.2) is 54.8 Å². The molecule has 1 aliphatic rings. The molecule has 0 radical (unpaired) electrons. The number of benzene rings is 1. The van der Waals surface area contributed by atoms with E-state index in [1.165, 1.54) is 16.4 Å². The van der Waals surface area contributed by atoms with Crippen LogP contribution in [0.2, 0.25) is 0 Å². The van der Waals surface area contributed by atoms with Crippen molar-refractivity contribution in [2.45, 2.75) is 31.2 Å². The zero-order valence-electron chi connectivity index (χ0n) is 13.3. The fourth-order valence-electron chi connectivity index (χ4n) is 3.20. The number of hydrogen-bond acceptors (Lipinski definition) is 5. The molecule has 0 aliphatic carbocycles. The fourth-order valence-corrected chi connectivity index (χ4v) is 4.71. The summed E-state index contributed by atoms with van der Waals surface area (Å²) in [6.07, 6.45) is 0.836. The lowest BCUT2D eigenvalue weighted by Gasteiger charge is -2.26. The SMILES string of the molecule is CCN(CC)C1CCN(S(=O)(=O)c2ccc3[nH]c(=O)oc3c2)C1. The van der Waals surface area contributed by atoms with Gasteiger partial charge in [0.2, 0.25) is 10.0 Å². The minimum atomic E-state index is -3.57. The third kappa shape index (κ3) is 2.93. The molecule has 8 heteroatoms. The van der Waals surface area contributed by atoms with Crippen molar-refractivity contribution in [3.63, 3.8) is 0 Å². The van der Waals surface area contributed by atoms with E-state index in [0.29, 0.717) is 18.6 Å². The molecule has 1 saturated heterocycles. The molecule has 1 aromatic heterocycles. The molecular formula is C15H21N3O4S. The Bertz CT molecular complexity index is 851. The summed E-state index contributed by atoms with van der Waals surface area (Å²) in [6.45, 7) is 7.01. The molecule has 2 aromatic rings. The Kier molecular flexibility index (Phi) is 4.31. The van der Waals surface area contributed by atoms with Gasteiger partial charge < -0.3 is 4.42 Å². The first-order chi connectivity index (χ1) is 11.0. The summed E-state index contributed by atoms with van der Waals surface area (Å²) in [5.74, 6) is -0.586.